The SMILES string of the molecule is C=CCN1CC[N]C(O)C1. The molecule has 0 aromatic carbocycles. The molecule has 1 N–H and O–H groups in total. The minimum absolute atomic E-state index is 0.478. The fourth-order valence-electron chi connectivity index (χ4n) is 1.08. The minimum Gasteiger partial charge on any atom is -0.376 e. The van der Waals surface area contributed by atoms with Gasteiger partial charge in [0.05, 0.1) is 0 Å². The molecule has 1 aliphatic rings. The summed E-state index contributed by atoms with van der Waals surface area (Å²) in [5.41, 5.74) is 0. The zero-order valence-corrected chi connectivity index (χ0v) is 6.03. The molecule has 0 bridgehead atoms. The van der Waals surface area contributed by atoms with Crippen LogP contribution >= 0.6 is 0 Å². The Morgan fingerprint density at radius 3 is 3.20 bits per heavy atom. The van der Waals surface area contributed by atoms with Crippen molar-refractivity contribution in [3.05, 3.63) is 12.7 Å². The number of piperazine rings is 1. The van der Waals surface area contributed by atoms with Gasteiger partial charge in [-0.2, -0.15) is 0 Å². The first-order valence-corrected chi connectivity index (χ1v) is 3.51. The zero-order chi connectivity index (χ0) is 7.40. The van der Waals surface area contributed by atoms with Crippen LogP contribution in [-0.4, -0.2) is 42.4 Å². The molecule has 1 heterocycles. The van der Waals surface area contributed by atoms with Gasteiger partial charge in [0, 0.05) is 26.2 Å². The van der Waals surface area contributed by atoms with Crippen molar-refractivity contribution in [1.82, 2.24) is 10.2 Å². The Balaban J connectivity index is 2.24. The molecular weight excluding hydrogens is 128 g/mol. The highest BCUT2D eigenvalue weighted by Crippen LogP contribution is 1.96. The van der Waals surface area contributed by atoms with Crippen molar-refractivity contribution in [2.45, 2.75) is 6.23 Å². The van der Waals surface area contributed by atoms with Crippen LogP contribution in [0.2, 0.25) is 0 Å². The first-order valence-electron chi connectivity index (χ1n) is 3.51. The van der Waals surface area contributed by atoms with Gasteiger partial charge >= 0.3 is 0 Å². The number of hydrogen-bond donors (Lipinski definition) is 1. The van der Waals surface area contributed by atoms with E-state index in [1.54, 1.807) is 0 Å². The Labute approximate surface area is 61.3 Å². The molecule has 0 aromatic heterocycles. The van der Waals surface area contributed by atoms with E-state index >= 15 is 0 Å². The number of hydrogen-bond acceptors (Lipinski definition) is 2. The molecule has 10 heavy (non-hydrogen) atoms. The molecule has 0 spiro atoms. The summed E-state index contributed by atoms with van der Waals surface area (Å²) in [4.78, 5) is 2.13. The normalized spacial score (nSPS) is 28.3. The lowest BCUT2D eigenvalue weighted by Gasteiger charge is -2.28. The molecular formula is C7H13N2O. The number of rotatable bonds is 2. The maximum atomic E-state index is 9.06. The Bertz CT molecular complexity index is 116. The zero-order valence-electron chi connectivity index (χ0n) is 6.03. The highest BCUT2D eigenvalue weighted by atomic mass is 16.3. The van der Waals surface area contributed by atoms with Gasteiger partial charge in [0.1, 0.15) is 6.23 Å². The van der Waals surface area contributed by atoms with E-state index in [1.165, 1.54) is 0 Å². The van der Waals surface area contributed by atoms with E-state index in [9.17, 15) is 0 Å². The summed E-state index contributed by atoms with van der Waals surface area (Å²) in [7, 11) is 0. The summed E-state index contributed by atoms with van der Waals surface area (Å²) in [6, 6.07) is 0. The average Bonchev–Trinajstić information content (AvgIpc) is 1.88. The van der Waals surface area contributed by atoms with Crippen LogP contribution < -0.4 is 5.32 Å². The molecule has 1 radical (unpaired) electrons. The second-order valence-corrected chi connectivity index (χ2v) is 2.44. The molecule has 1 saturated heterocycles. The van der Waals surface area contributed by atoms with Crippen LogP contribution in [0.5, 0.6) is 0 Å². The summed E-state index contributed by atoms with van der Waals surface area (Å²) in [6.07, 6.45) is 1.37. The van der Waals surface area contributed by atoms with E-state index in [0.717, 1.165) is 19.6 Å². The van der Waals surface area contributed by atoms with Crippen LogP contribution in [-0.2, 0) is 0 Å². The van der Waals surface area contributed by atoms with Crippen LogP contribution in [0.4, 0.5) is 0 Å². The molecule has 0 saturated carbocycles. The second kappa shape index (κ2) is 3.71. The van der Waals surface area contributed by atoms with E-state index in [-0.39, 0.29) is 0 Å². The minimum atomic E-state index is -0.478. The van der Waals surface area contributed by atoms with Gasteiger partial charge in [0.25, 0.3) is 0 Å². The molecule has 0 aromatic rings. The van der Waals surface area contributed by atoms with Crippen LogP contribution in [0, 0.1) is 0 Å². The molecule has 57 valence electrons. The third-order valence-corrected chi connectivity index (χ3v) is 1.56. The third-order valence-electron chi connectivity index (χ3n) is 1.56. The highest BCUT2D eigenvalue weighted by Gasteiger charge is 2.15. The fourth-order valence-corrected chi connectivity index (χ4v) is 1.08. The molecule has 3 nitrogen and oxygen atoms in total. The van der Waals surface area contributed by atoms with E-state index in [4.69, 9.17) is 5.11 Å². The quantitative estimate of drug-likeness (QED) is 0.522. The monoisotopic (exact) mass is 141 g/mol. The second-order valence-electron chi connectivity index (χ2n) is 2.44. The summed E-state index contributed by atoms with van der Waals surface area (Å²) in [5, 5.41) is 13.0. The lowest BCUT2D eigenvalue weighted by atomic mass is 10.3. The van der Waals surface area contributed by atoms with Gasteiger partial charge in [0.15, 0.2) is 0 Å². The van der Waals surface area contributed by atoms with Gasteiger partial charge in [0.2, 0.25) is 0 Å². The van der Waals surface area contributed by atoms with Crippen LogP contribution in [0.15, 0.2) is 12.7 Å². The molecule has 3 heteroatoms. The lowest BCUT2D eigenvalue weighted by Crippen LogP contribution is -2.46. The fraction of sp³-hybridized carbons (Fsp3) is 0.714. The Hall–Kier alpha value is -0.380. The molecule has 1 aliphatic heterocycles. The number of β-amino-alcohol motifs (C(OH)–C–C–N with tert-alkyl or cyclic N) is 1. The molecule has 1 rings (SSSR count). The highest BCUT2D eigenvalue weighted by molar-refractivity contribution is 4.78. The largest absolute Gasteiger partial charge is 0.376 e. The predicted octanol–water partition coefficient (Wildman–Crippen LogP) is -0.589. The Kier molecular flexibility index (Phi) is 2.86. The maximum Gasteiger partial charge on any atom is 0.132 e. The Morgan fingerprint density at radius 2 is 2.60 bits per heavy atom. The van der Waals surface area contributed by atoms with Crippen molar-refractivity contribution in [2.75, 3.05) is 26.2 Å². The number of aliphatic hydroxyl groups excluding tert-OH is 1. The van der Waals surface area contributed by atoms with Gasteiger partial charge in [-0.25, -0.2) is 5.32 Å². The van der Waals surface area contributed by atoms with Crippen molar-refractivity contribution in [1.29, 1.82) is 0 Å². The van der Waals surface area contributed by atoms with Crippen molar-refractivity contribution in [2.24, 2.45) is 0 Å². The number of aliphatic hydroxyl groups is 1. The maximum absolute atomic E-state index is 9.06. The van der Waals surface area contributed by atoms with Gasteiger partial charge in [-0.15, -0.1) is 6.58 Å². The van der Waals surface area contributed by atoms with E-state index in [1.807, 2.05) is 6.08 Å². The van der Waals surface area contributed by atoms with Gasteiger partial charge in [-0.05, 0) is 0 Å². The topological polar surface area (TPSA) is 37.6 Å². The van der Waals surface area contributed by atoms with E-state index < -0.39 is 6.23 Å². The smallest absolute Gasteiger partial charge is 0.132 e. The molecule has 0 aliphatic carbocycles. The average molecular weight is 141 g/mol. The Morgan fingerprint density at radius 1 is 1.80 bits per heavy atom. The summed E-state index contributed by atoms with van der Waals surface area (Å²) in [6.45, 7) is 6.83. The van der Waals surface area contributed by atoms with Crippen molar-refractivity contribution in [3.63, 3.8) is 0 Å². The lowest BCUT2D eigenvalue weighted by molar-refractivity contribution is 0.0565. The van der Waals surface area contributed by atoms with Crippen LogP contribution in [0.1, 0.15) is 0 Å². The molecule has 1 atom stereocenters. The van der Waals surface area contributed by atoms with E-state index in [2.05, 4.69) is 16.8 Å². The standard InChI is InChI=1S/C7H13N2O/c1-2-4-9-5-3-8-7(10)6-9/h2,7,10H,1,3-6H2. The molecule has 0 amide bonds. The van der Waals surface area contributed by atoms with E-state index in [0.29, 0.717) is 6.54 Å². The summed E-state index contributed by atoms with van der Waals surface area (Å²) in [5.74, 6) is 0. The van der Waals surface area contributed by atoms with Gasteiger partial charge in [-0.3, -0.25) is 4.90 Å². The summed E-state index contributed by atoms with van der Waals surface area (Å²) < 4.78 is 0. The first kappa shape index (κ1) is 7.72. The van der Waals surface area contributed by atoms with Crippen LogP contribution in [0.3, 0.4) is 0 Å². The first-order chi connectivity index (χ1) is 4.83. The third kappa shape index (κ3) is 2.10. The van der Waals surface area contributed by atoms with Gasteiger partial charge in [-0.1, -0.05) is 6.08 Å². The van der Waals surface area contributed by atoms with Crippen molar-refractivity contribution >= 4 is 0 Å². The molecule has 1 unspecified atom stereocenters. The van der Waals surface area contributed by atoms with Gasteiger partial charge < -0.3 is 5.11 Å². The van der Waals surface area contributed by atoms with Crippen LogP contribution in [0.25, 0.3) is 0 Å². The molecule has 1 fully saturated rings. The summed E-state index contributed by atoms with van der Waals surface area (Å²) >= 11 is 0. The predicted molar refractivity (Wildman–Crippen MR) is 39.6 cm³/mol. The van der Waals surface area contributed by atoms with Crippen molar-refractivity contribution < 1.29 is 5.11 Å². The number of nitrogens with zero attached hydrogens (tertiary/aromatic N) is 2. The van der Waals surface area contributed by atoms with Crippen molar-refractivity contribution in [3.8, 4) is 0 Å².